The van der Waals surface area contributed by atoms with Gasteiger partial charge in [-0.3, -0.25) is 9.59 Å². The lowest BCUT2D eigenvalue weighted by Crippen LogP contribution is -2.42. The van der Waals surface area contributed by atoms with Gasteiger partial charge in [0.25, 0.3) is 0 Å². The van der Waals surface area contributed by atoms with Crippen molar-refractivity contribution in [1.29, 1.82) is 0 Å². The van der Waals surface area contributed by atoms with Gasteiger partial charge in [-0.15, -0.1) is 5.10 Å². The summed E-state index contributed by atoms with van der Waals surface area (Å²) in [5, 5.41) is 12.4. The van der Waals surface area contributed by atoms with E-state index >= 15 is 0 Å². The van der Waals surface area contributed by atoms with E-state index < -0.39 is 0 Å². The van der Waals surface area contributed by atoms with E-state index in [0.717, 1.165) is 11.3 Å². The Bertz CT molecular complexity index is 813. The van der Waals surface area contributed by atoms with E-state index in [4.69, 9.17) is 5.73 Å². The quantitative estimate of drug-likeness (QED) is 0.785. The largest absolute Gasteiger partial charge is 0.369 e. The maximum Gasteiger partial charge on any atom is 0.233 e. The van der Waals surface area contributed by atoms with Gasteiger partial charge in [-0.05, 0) is 60.4 Å². The zero-order valence-electron chi connectivity index (χ0n) is 14.9. The second kappa shape index (κ2) is 7.86. The topological polar surface area (TPSA) is 107 Å². The lowest BCUT2D eigenvalue weighted by molar-refractivity contribution is -0.132. The number of piperidine rings is 1. The number of tetrazole rings is 1. The standard InChI is InChI=1S/C17H22N6O2S/c1-11-3-4-14(9-12(11)2)23-17(19-20-21-23)26-10-15(24)22-7-5-13(6-8-22)16(18)25/h3-4,9,13H,5-8,10H2,1-2H3,(H2,18,25). The lowest BCUT2D eigenvalue weighted by atomic mass is 9.96. The van der Waals surface area contributed by atoms with Gasteiger partial charge in [0.05, 0.1) is 11.4 Å². The van der Waals surface area contributed by atoms with Crippen molar-refractivity contribution in [3.05, 3.63) is 29.3 Å². The predicted octanol–water partition coefficient (Wildman–Crippen LogP) is 1.10. The number of hydrogen-bond donors (Lipinski definition) is 1. The molecule has 1 saturated heterocycles. The van der Waals surface area contributed by atoms with Crippen LogP contribution in [0.3, 0.4) is 0 Å². The molecule has 0 aliphatic carbocycles. The molecule has 1 aromatic heterocycles. The number of hydrogen-bond acceptors (Lipinski definition) is 6. The van der Waals surface area contributed by atoms with Crippen LogP contribution < -0.4 is 5.73 Å². The van der Waals surface area contributed by atoms with Crippen LogP contribution in [-0.4, -0.2) is 55.8 Å². The van der Waals surface area contributed by atoms with Gasteiger partial charge in [-0.25, -0.2) is 0 Å². The number of aryl methyl sites for hydroxylation is 2. The molecule has 1 aromatic carbocycles. The molecule has 138 valence electrons. The Kier molecular flexibility index (Phi) is 5.55. The van der Waals surface area contributed by atoms with E-state index in [0.29, 0.717) is 31.1 Å². The number of benzene rings is 1. The van der Waals surface area contributed by atoms with E-state index in [2.05, 4.69) is 22.4 Å². The van der Waals surface area contributed by atoms with Crippen LogP contribution in [0.5, 0.6) is 0 Å². The molecule has 2 amide bonds. The van der Waals surface area contributed by atoms with Crippen molar-refractivity contribution in [3.63, 3.8) is 0 Å². The molecule has 1 aliphatic heterocycles. The Hall–Kier alpha value is -2.42. The van der Waals surface area contributed by atoms with Crippen LogP contribution in [0.1, 0.15) is 24.0 Å². The lowest BCUT2D eigenvalue weighted by Gasteiger charge is -2.30. The third-order valence-electron chi connectivity index (χ3n) is 4.75. The molecule has 0 unspecified atom stereocenters. The van der Waals surface area contributed by atoms with E-state index in [9.17, 15) is 9.59 Å². The third-order valence-corrected chi connectivity index (χ3v) is 5.65. The van der Waals surface area contributed by atoms with E-state index in [1.54, 1.807) is 9.58 Å². The van der Waals surface area contributed by atoms with E-state index in [-0.39, 0.29) is 23.5 Å². The second-order valence-electron chi connectivity index (χ2n) is 6.49. The smallest absolute Gasteiger partial charge is 0.233 e. The van der Waals surface area contributed by atoms with Crippen molar-refractivity contribution in [2.75, 3.05) is 18.8 Å². The summed E-state index contributed by atoms with van der Waals surface area (Å²) < 4.78 is 1.64. The Morgan fingerprint density at radius 2 is 1.96 bits per heavy atom. The zero-order chi connectivity index (χ0) is 18.7. The van der Waals surface area contributed by atoms with Crippen LogP contribution in [0, 0.1) is 19.8 Å². The summed E-state index contributed by atoms with van der Waals surface area (Å²) in [7, 11) is 0. The van der Waals surface area contributed by atoms with E-state index in [1.165, 1.54) is 17.3 Å². The SMILES string of the molecule is Cc1ccc(-n2nnnc2SCC(=O)N2CCC(C(N)=O)CC2)cc1C. The summed E-state index contributed by atoms with van der Waals surface area (Å²) in [5.74, 6) is -0.123. The summed E-state index contributed by atoms with van der Waals surface area (Å²) >= 11 is 1.31. The first kappa shape index (κ1) is 18.4. The van der Waals surface area contributed by atoms with Gasteiger partial charge in [-0.1, -0.05) is 17.8 Å². The highest BCUT2D eigenvalue weighted by atomic mass is 32.2. The number of carbonyl (C=O) groups excluding carboxylic acids is 2. The fraction of sp³-hybridized carbons (Fsp3) is 0.471. The Balaban J connectivity index is 1.61. The molecule has 0 radical (unpaired) electrons. The fourth-order valence-corrected chi connectivity index (χ4v) is 3.71. The predicted molar refractivity (Wildman–Crippen MR) is 97.9 cm³/mol. The summed E-state index contributed by atoms with van der Waals surface area (Å²) in [6, 6.07) is 6.00. The number of nitrogens with zero attached hydrogens (tertiary/aromatic N) is 5. The van der Waals surface area contributed by atoms with Crippen molar-refractivity contribution in [2.45, 2.75) is 31.8 Å². The first-order valence-corrected chi connectivity index (χ1v) is 9.50. The van der Waals surface area contributed by atoms with Gasteiger partial charge in [0.15, 0.2) is 0 Å². The molecule has 0 spiro atoms. The molecule has 2 N–H and O–H groups in total. The molecule has 2 heterocycles. The fourth-order valence-electron chi connectivity index (χ4n) is 2.92. The van der Waals surface area contributed by atoms with Gasteiger partial charge >= 0.3 is 0 Å². The van der Waals surface area contributed by atoms with Gasteiger partial charge in [0.1, 0.15) is 0 Å². The van der Waals surface area contributed by atoms with Gasteiger partial charge in [-0.2, -0.15) is 4.68 Å². The Labute approximate surface area is 156 Å². The van der Waals surface area contributed by atoms with Crippen LogP contribution >= 0.6 is 11.8 Å². The van der Waals surface area contributed by atoms with E-state index in [1.807, 2.05) is 25.1 Å². The van der Waals surface area contributed by atoms with Crippen molar-refractivity contribution < 1.29 is 9.59 Å². The molecule has 2 aromatic rings. The zero-order valence-corrected chi connectivity index (χ0v) is 15.7. The number of aromatic nitrogens is 4. The first-order chi connectivity index (χ1) is 12.5. The number of carbonyl (C=O) groups is 2. The molecule has 3 rings (SSSR count). The maximum absolute atomic E-state index is 12.4. The molecule has 0 bridgehead atoms. The summed E-state index contributed by atoms with van der Waals surface area (Å²) in [5.41, 5.74) is 8.56. The normalized spacial score (nSPS) is 15.2. The minimum Gasteiger partial charge on any atom is -0.369 e. The van der Waals surface area contributed by atoms with Gasteiger partial charge in [0.2, 0.25) is 17.0 Å². The molecule has 1 fully saturated rings. The second-order valence-corrected chi connectivity index (χ2v) is 7.43. The van der Waals surface area contributed by atoms with Gasteiger partial charge < -0.3 is 10.6 Å². The number of rotatable bonds is 5. The maximum atomic E-state index is 12.4. The molecule has 0 saturated carbocycles. The van der Waals surface area contributed by atoms with Crippen LogP contribution in [0.2, 0.25) is 0 Å². The van der Waals surface area contributed by atoms with Gasteiger partial charge in [0, 0.05) is 19.0 Å². The van der Waals surface area contributed by atoms with Crippen molar-refractivity contribution in [2.24, 2.45) is 11.7 Å². The molecule has 9 heteroatoms. The minimum absolute atomic E-state index is 0.0209. The van der Waals surface area contributed by atoms with Crippen LogP contribution in [0.25, 0.3) is 5.69 Å². The minimum atomic E-state index is -0.279. The highest BCUT2D eigenvalue weighted by Crippen LogP contribution is 2.22. The number of primary amides is 1. The highest BCUT2D eigenvalue weighted by molar-refractivity contribution is 7.99. The van der Waals surface area contributed by atoms with Crippen LogP contribution in [0.15, 0.2) is 23.4 Å². The van der Waals surface area contributed by atoms with Crippen molar-refractivity contribution >= 4 is 23.6 Å². The average Bonchev–Trinajstić information content (AvgIpc) is 3.10. The Morgan fingerprint density at radius 3 is 2.62 bits per heavy atom. The monoisotopic (exact) mass is 374 g/mol. The number of thioether (sulfide) groups is 1. The summed E-state index contributed by atoms with van der Waals surface area (Å²) in [6.45, 7) is 5.22. The summed E-state index contributed by atoms with van der Waals surface area (Å²) in [4.78, 5) is 25.4. The molecule has 0 atom stereocenters. The molecule has 8 nitrogen and oxygen atoms in total. The third kappa shape index (κ3) is 4.04. The molecule has 1 aliphatic rings. The number of likely N-dealkylation sites (tertiary alicyclic amines) is 1. The van der Waals surface area contributed by atoms with Crippen molar-refractivity contribution in [1.82, 2.24) is 25.1 Å². The Morgan fingerprint density at radius 1 is 1.23 bits per heavy atom. The number of amides is 2. The van der Waals surface area contributed by atoms with Crippen molar-refractivity contribution in [3.8, 4) is 5.69 Å². The number of nitrogens with two attached hydrogens (primary N) is 1. The highest BCUT2D eigenvalue weighted by Gasteiger charge is 2.26. The molecule has 26 heavy (non-hydrogen) atoms. The molecular formula is C17H22N6O2S. The first-order valence-electron chi connectivity index (χ1n) is 8.51. The van der Waals surface area contributed by atoms with Crippen LogP contribution in [0.4, 0.5) is 0 Å². The summed E-state index contributed by atoms with van der Waals surface area (Å²) in [6.07, 6.45) is 1.26. The molecular weight excluding hydrogens is 352 g/mol. The van der Waals surface area contributed by atoms with Crippen LogP contribution in [-0.2, 0) is 9.59 Å². The average molecular weight is 374 g/mol.